The number of urea groups is 1. The number of aliphatic hydroxyl groups excluding tert-OH is 1. The van der Waals surface area contributed by atoms with Crippen molar-refractivity contribution >= 4 is 35.3 Å². The summed E-state index contributed by atoms with van der Waals surface area (Å²) in [5.41, 5.74) is 2.75. The first-order valence-corrected chi connectivity index (χ1v) is 14.4. The third-order valence-electron chi connectivity index (χ3n) is 7.16. The van der Waals surface area contributed by atoms with Crippen LogP contribution in [0, 0.1) is 12.7 Å². The molecule has 1 saturated heterocycles. The van der Waals surface area contributed by atoms with Gasteiger partial charge in [0.1, 0.15) is 11.9 Å². The molecule has 8 nitrogen and oxygen atoms in total. The highest BCUT2D eigenvalue weighted by atomic mass is 32.2. The van der Waals surface area contributed by atoms with E-state index in [1.807, 2.05) is 75.4 Å². The third kappa shape index (κ3) is 7.45. The molecule has 0 bridgehead atoms. The van der Waals surface area contributed by atoms with Gasteiger partial charge in [-0.15, -0.1) is 11.8 Å². The summed E-state index contributed by atoms with van der Waals surface area (Å²) < 4.78 is 13.5. The van der Waals surface area contributed by atoms with Gasteiger partial charge >= 0.3 is 6.03 Å². The fraction of sp³-hybridized carbons (Fsp3) is 0.323. The van der Waals surface area contributed by atoms with Crippen molar-refractivity contribution in [2.45, 2.75) is 56.7 Å². The van der Waals surface area contributed by atoms with Gasteiger partial charge in [0.05, 0.1) is 17.6 Å². The zero-order valence-electron chi connectivity index (χ0n) is 23.3. The Labute approximate surface area is 243 Å². The van der Waals surface area contributed by atoms with Gasteiger partial charge in [-0.05, 0) is 56.0 Å². The number of carbonyl (C=O) groups excluding carboxylic acids is 3. The molecule has 0 spiro atoms. The fourth-order valence-corrected chi connectivity index (χ4v) is 5.98. The van der Waals surface area contributed by atoms with Crippen molar-refractivity contribution in [2.24, 2.45) is 0 Å². The molecule has 3 aromatic rings. The molecule has 216 valence electrons. The van der Waals surface area contributed by atoms with Crippen LogP contribution in [0.5, 0.6) is 0 Å². The molecule has 4 rings (SSSR count). The van der Waals surface area contributed by atoms with Crippen molar-refractivity contribution in [2.75, 3.05) is 11.2 Å². The lowest BCUT2D eigenvalue weighted by Gasteiger charge is -2.33. The van der Waals surface area contributed by atoms with Gasteiger partial charge < -0.3 is 26.0 Å². The van der Waals surface area contributed by atoms with Crippen LogP contribution in [0.3, 0.4) is 0 Å². The first kappa shape index (κ1) is 30.1. The number of benzene rings is 3. The first-order chi connectivity index (χ1) is 19.6. The lowest BCUT2D eigenvalue weighted by molar-refractivity contribution is -0.147. The molecule has 0 unspecified atom stereocenters. The van der Waals surface area contributed by atoms with Crippen LogP contribution in [0.4, 0.5) is 14.9 Å². The van der Waals surface area contributed by atoms with E-state index in [1.54, 1.807) is 6.07 Å². The Kier molecular flexibility index (Phi) is 9.67. The zero-order valence-corrected chi connectivity index (χ0v) is 24.1. The number of aryl methyl sites for hydroxylation is 1. The van der Waals surface area contributed by atoms with Gasteiger partial charge in [-0.3, -0.25) is 9.59 Å². The van der Waals surface area contributed by atoms with E-state index in [2.05, 4.69) is 16.0 Å². The largest absolute Gasteiger partial charge is 0.381 e. The van der Waals surface area contributed by atoms with Crippen LogP contribution >= 0.6 is 11.8 Å². The molecule has 1 fully saturated rings. The number of anilines is 1. The van der Waals surface area contributed by atoms with Gasteiger partial charge in [-0.1, -0.05) is 66.7 Å². The minimum absolute atomic E-state index is 0.0349. The Hall–Kier alpha value is -3.89. The number of rotatable bonds is 9. The van der Waals surface area contributed by atoms with Gasteiger partial charge in [0.15, 0.2) is 6.10 Å². The normalized spacial score (nSPS) is 17.4. The summed E-state index contributed by atoms with van der Waals surface area (Å²) in [6, 6.07) is 19.9. The van der Waals surface area contributed by atoms with Crippen molar-refractivity contribution in [1.29, 1.82) is 0 Å². The number of carbonyl (C=O) groups is 3. The second-order valence-electron chi connectivity index (χ2n) is 10.6. The van der Waals surface area contributed by atoms with Gasteiger partial charge in [-0.2, -0.15) is 0 Å². The van der Waals surface area contributed by atoms with Crippen molar-refractivity contribution in [1.82, 2.24) is 15.5 Å². The van der Waals surface area contributed by atoms with Crippen LogP contribution in [0.15, 0.2) is 78.9 Å². The van der Waals surface area contributed by atoms with E-state index in [9.17, 15) is 23.9 Å². The summed E-state index contributed by atoms with van der Waals surface area (Å²) in [4.78, 5) is 41.4. The van der Waals surface area contributed by atoms with Crippen LogP contribution in [0.1, 0.15) is 30.5 Å². The number of para-hydroxylation sites is 1. The molecular formula is C31H35FN4O4S. The van der Waals surface area contributed by atoms with Crippen molar-refractivity contribution in [3.05, 3.63) is 101 Å². The average molecular weight is 579 g/mol. The molecule has 0 aromatic heterocycles. The number of amides is 4. The lowest BCUT2D eigenvalue weighted by atomic mass is 9.97. The predicted octanol–water partition coefficient (Wildman–Crippen LogP) is 4.22. The Morgan fingerprint density at radius 3 is 2.39 bits per heavy atom. The van der Waals surface area contributed by atoms with E-state index in [0.29, 0.717) is 6.54 Å². The second kappa shape index (κ2) is 13.2. The second-order valence-corrected chi connectivity index (χ2v) is 12.2. The summed E-state index contributed by atoms with van der Waals surface area (Å²) in [5.74, 6) is -1.42. The van der Waals surface area contributed by atoms with Crippen molar-refractivity contribution < 1.29 is 23.9 Å². The van der Waals surface area contributed by atoms with Crippen molar-refractivity contribution in [3.63, 3.8) is 0 Å². The van der Waals surface area contributed by atoms with Gasteiger partial charge in [0, 0.05) is 11.3 Å². The van der Waals surface area contributed by atoms with Crippen molar-refractivity contribution in [3.8, 4) is 0 Å². The summed E-state index contributed by atoms with van der Waals surface area (Å²) in [6.07, 6.45) is -1.53. The number of hydrogen-bond acceptors (Lipinski definition) is 5. The standard InChI is InChI=1S/C31H35FN4O4S/c1-20-11-7-8-14-22(20)18-33-28(38)27-31(2,3)41-19-36(27)29(39)26(37)25(17-21-12-5-4-6-13-21)35-30(40)34-24-16-10-9-15-23(24)32/h4-16,25-27,37H,17-19H2,1-3H3,(H,33,38)(H2,34,35,40)/t25-,26-,27+/m0/s1. The third-order valence-corrected chi connectivity index (χ3v) is 8.54. The van der Waals surface area contributed by atoms with Gasteiger partial charge in [0.2, 0.25) is 5.91 Å². The zero-order chi connectivity index (χ0) is 29.6. The number of hydrogen-bond donors (Lipinski definition) is 4. The van der Waals surface area contributed by atoms with Crippen LogP contribution in [0.2, 0.25) is 0 Å². The van der Waals surface area contributed by atoms with E-state index in [4.69, 9.17) is 0 Å². The molecule has 4 amide bonds. The number of aliphatic hydroxyl groups is 1. The lowest BCUT2D eigenvalue weighted by Crippen LogP contribution is -2.59. The molecule has 41 heavy (non-hydrogen) atoms. The SMILES string of the molecule is Cc1ccccc1CNC(=O)[C@H]1N(C(=O)[C@@H](O)[C@H](Cc2ccccc2)NC(=O)Nc2ccccc2F)CSC1(C)C. The monoisotopic (exact) mass is 578 g/mol. The number of nitrogens with zero attached hydrogens (tertiary/aromatic N) is 1. The minimum atomic E-state index is -1.66. The molecular weight excluding hydrogens is 543 g/mol. The molecule has 10 heteroatoms. The highest BCUT2D eigenvalue weighted by Crippen LogP contribution is 2.40. The van der Waals surface area contributed by atoms with E-state index in [1.165, 1.54) is 34.9 Å². The molecule has 4 N–H and O–H groups in total. The highest BCUT2D eigenvalue weighted by Gasteiger charge is 2.49. The fourth-order valence-electron chi connectivity index (χ4n) is 4.84. The van der Waals surface area contributed by atoms with E-state index < -0.39 is 40.7 Å². The Bertz CT molecular complexity index is 1390. The molecule has 1 heterocycles. The Morgan fingerprint density at radius 2 is 1.68 bits per heavy atom. The molecule has 0 saturated carbocycles. The molecule has 3 atom stereocenters. The van der Waals surface area contributed by atoms with E-state index >= 15 is 0 Å². The molecule has 1 aliphatic heterocycles. The Morgan fingerprint density at radius 1 is 1.02 bits per heavy atom. The first-order valence-electron chi connectivity index (χ1n) is 13.4. The summed E-state index contributed by atoms with van der Waals surface area (Å²) in [5, 5.41) is 19.4. The number of thioether (sulfide) groups is 1. The molecule has 3 aromatic carbocycles. The van der Waals surface area contributed by atoms with Gasteiger partial charge in [-0.25, -0.2) is 9.18 Å². The van der Waals surface area contributed by atoms with Crippen LogP contribution in [-0.2, 0) is 22.6 Å². The average Bonchev–Trinajstić information content (AvgIpc) is 3.27. The number of halogens is 1. The maximum absolute atomic E-state index is 14.1. The maximum Gasteiger partial charge on any atom is 0.319 e. The highest BCUT2D eigenvalue weighted by molar-refractivity contribution is 8.00. The quantitative estimate of drug-likeness (QED) is 0.304. The molecule has 1 aliphatic rings. The van der Waals surface area contributed by atoms with Crippen LogP contribution in [-0.4, -0.2) is 56.7 Å². The summed E-state index contributed by atoms with van der Waals surface area (Å²) in [7, 11) is 0. The minimum Gasteiger partial charge on any atom is -0.381 e. The van der Waals surface area contributed by atoms with Crippen LogP contribution in [0.25, 0.3) is 0 Å². The summed E-state index contributed by atoms with van der Waals surface area (Å²) >= 11 is 1.44. The maximum atomic E-state index is 14.1. The predicted molar refractivity (Wildman–Crippen MR) is 159 cm³/mol. The smallest absolute Gasteiger partial charge is 0.319 e. The Balaban J connectivity index is 1.52. The van der Waals surface area contributed by atoms with E-state index in [0.717, 1.165) is 16.7 Å². The van der Waals surface area contributed by atoms with Crippen LogP contribution < -0.4 is 16.0 Å². The molecule has 0 aliphatic carbocycles. The molecule has 0 radical (unpaired) electrons. The van der Waals surface area contributed by atoms with Gasteiger partial charge in [0.25, 0.3) is 5.91 Å². The number of nitrogens with one attached hydrogen (secondary N) is 3. The topological polar surface area (TPSA) is 111 Å². The summed E-state index contributed by atoms with van der Waals surface area (Å²) in [6.45, 7) is 6.04. The van der Waals surface area contributed by atoms with E-state index in [-0.39, 0.29) is 23.9 Å².